The summed E-state index contributed by atoms with van der Waals surface area (Å²) < 4.78 is 4.96. The summed E-state index contributed by atoms with van der Waals surface area (Å²) in [5.74, 6) is 0.195. The molecule has 5 heteroatoms. The van der Waals surface area contributed by atoms with E-state index in [4.69, 9.17) is 27.8 Å². The number of rotatable bonds is 2. The fourth-order valence-corrected chi connectivity index (χ4v) is 3.30. The van der Waals surface area contributed by atoms with Gasteiger partial charge >= 0.3 is 0 Å². The van der Waals surface area contributed by atoms with Gasteiger partial charge in [-0.15, -0.1) is 0 Å². The molecule has 2 aromatic carbocycles. The van der Waals surface area contributed by atoms with Gasteiger partial charge in [0.05, 0.1) is 0 Å². The molecule has 0 N–H and O–H groups in total. The van der Waals surface area contributed by atoms with Crippen molar-refractivity contribution in [3.8, 4) is 0 Å². The predicted octanol–water partition coefficient (Wildman–Crippen LogP) is 5.34. The number of allylic oxidation sites excluding steroid dienone is 2. The van der Waals surface area contributed by atoms with Crippen LogP contribution < -0.4 is 0 Å². The Labute approximate surface area is 149 Å². The van der Waals surface area contributed by atoms with Crippen molar-refractivity contribution in [2.75, 3.05) is 0 Å². The van der Waals surface area contributed by atoms with Gasteiger partial charge in [0, 0.05) is 28.8 Å². The van der Waals surface area contributed by atoms with E-state index in [9.17, 15) is 0 Å². The van der Waals surface area contributed by atoms with E-state index >= 15 is 0 Å². The Hall–Kier alpha value is -2.10. The van der Waals surface area contributed by atoms with Crippen LogP contribution in [0.1, 0.15) is 28.4 Å². The molecule has 0 radical (unpaired) electrons. The van der Waals surface area contributed by atoms with E-state index < -0.39 is 0 Å². The Morgan fingerprint density at radius 2 is 1.46 bits per heavy atom. The molecule has 0 saturated heterocycles. The van der Waals surface area contributed by atoms with Crippen molar-refractivity contribution < 1.29 is 4.63 Å². The van der Waals surface area contributed by atoms with Gasteiger partial charge in [0.2, 0.25) is 0 Å². The third kappa shape index (κ3) is 3.10. The smallest absolute Gasteiger partial charge is 0.112 e. The van der Waals surface area contributed by atoms with Crippen LogP contribution in [0.25, 0.3) is 5.57 Å². The number of aromatic nitrogens is 2. The Morgan fingerprint density at radius 1 is 0.833 bits per heavy atom. The van der Waals surface area contributed by atoms with Crippen molar-refractivity contribution >= 4 is 28.8 Å². The zero-order chi connectivity index (χ0) is 16.5. The number of hydrogen-bond donors (Lipinski definition) is 0. The number of fused-ring (bicyclic) bond motifs is 1. The summed E-state index contributed by atoms with van der Waals surface area (Å²) in [6.45, 7) is 0. The van der Waals surface area contributed by atoms with Gasteiger partial charge in [0.25, 0.3) is 0 Å². The van der Waals surface area contributed by atoms with Crippen molar-refractivity contribution in [3.63, 3.8) is 0 Å². The number of benzene rings is 2. The largest absolute Gasteiger partial charge is 0.244 e. The summed E-state index contributed by atoms with van der Waals surface area (Å²) in [7, 11) is 0. The third-order valence-corrected chi connectivity index (χ3v) is 4.83. The second-order valence-electron chi connectivity index (χ2n) is 5.90. The van der Waals surface area contributed by atoms with E-state index in [1.807, 2.05) is 36.4 Å². The van der Waals surface area contributed by atoms with Crippen molar-refractivity contribution in [1.29, 1.82) is 0 Å². The molecule has 1 atom stereocenters. The first kappa shape index (κ1) is 15.4. The van der Waals surface area contributed by atoms with Crippen molar-refractivity contribution in [2.24, 2.45) is 0 Å². The molecule has 0 saturated carbocycles. The zero-order valence-corrected chi connectivity index (χ0v) is 14.3. The van der Waals surface area contributed by atoms with Crippen LogP contribution in [0.2, 0.25) is 10.0 Å². The number of halogens is 2. The highest BCUT2D eigenvalue weighted by molar-refractivity contribution is 6.30. The van der Waals surface area contributed by atoms with Crippen LogP contribution in [0, 0.1) is 0 Å². The fraction of sp³-hybridized carbons (Fsp3) is 0.158. The maximum absolute atomic E-state index is 6.02. The molecule has 0 amide bonds. The molecule has 120 valence electrons. The first-order valence-electron chi connectivity index (χ1n) is 7.71. The molecule has 1 unspecified atom stereocenters. The van der Waals surface area contributed by atoms with Crippen LogP contribution in [0.3, 0.4) is 0 Å². The molecular weight excluding hydrogens is 343 g/mol. The maximum atomic E-state index is 6.02. The minimum Gasteiger partial charge on any atom is -0.244 e. The van der Waals surface area contributed by atoms with E-state index in [-0.39, 0.29) is 5.92 Å². The number of nitrogens with zero attached hydrogens (tertiary/aromatic N) is 2. The van der Waals surface area contributed by atoms with E-state index in [0.29, 0.717) is 6.42 Å². The third-order valence-electron chi connectivity index (χ3n) is 4.32. The van der Waals surface area contributed by atoms with Crippen LogP contribution in [0.5, 0.6) is 0 Å². The van der Waals surface area contributed by atoms with E-state index in [2.05, 4.69) is 28.5 Å². The molecule has 1 aliphatic rings. The number of hydrogen-bond acceptors (Lipinski definition) is 3. The van der Waals surface area contributed by atoms with E-state index in [1.54, 1.807) is 0 Å². The highest BCUT2D eigenvalue weighted by atomic mass is 35.5. The summed E-state index contributed by atoms with van der Waals surface area (Å²) >= 11 is 12.0. The van der Waals surface area contributed by atoms with Gasteiger partial charge in [-0.1, -0.05) is 63.9 Å². The van der Waals surface area contributed by atoms with E-state index in [0.717, 1.165) is 33.4 Å². The minimum atomic E-state index is 0.195. The molecule has 1 heterocycles. The normalized spacial score (nSPS) is 17.1. The molecule has 1 aliphatic carbocycles. The second-order valence-corrected chi connectivity index (χ2v) is 6.77. The lowest BCUT2D eigenvalue weighted by Gasteiger charge is -2.13. The summed E-state index contributed by atoms with van der Waals surface area (Å²) in [5.41, 5.74) is 5.33. The average molecular weight is 357 g/mol. The summed E-state index contributed by atoms with van der Waals surface area (Å²) in [4.78, 5) is 0. The molecule has 3 aromatic rings. The van der Waals surface area contributed by atoms with Crippen LogP contribution in [0.15, 0.2) is 59.2 Å². The maximum Gasteiger partial charge on any atom is 0.112 e. The van der Waals surface area contributed by atoms with Gasteiger partial charge in [-0.3, -0.25) is 0 Å². The van der Waals surface area contributed by atoms with Crippen LogP contribution in [0.4, 0.5) is 0 Å². The summed E-state index contributed by atoms with van der Waals surface area (Å²) in [6.07, 6.45) is 3.75. The van der Waals surface area contributed by atoms with Gasteiger partial charge in [0.15, 0.2) is 0 Å². The fourth-order valence-electron chi connectivity index (χ4n) is 3.05. The molecule has 0 spiro atoms. The molecule has 24 heavy (non-hydrogen) atoms. The van der Waals surface area contributed by atoms with Crippen LogP contribution in [-0.2, 0) is 12.8 Å². The summed E-state index contributed by atoms with van der Waals surface area (Å²) in [6, 6.07) is 15.8. The van der Waals surface area contributed by atoms with Gasteiger partial charge in [-0.25, -0.2) is 4.63 Å². The molecular formula is C19H14Cl2N2O. The Kier molecular flexibility index (Phi) is 4.13. The Bertz CT molecular complexity index is 882. The molecule has 0 bridgehead atoms. The minimum absolute atomic E-state index is 0.195. The first-order chi connectivity index (χ1) is 11.7. The van der Waals surface area contributed by atoms with Crippen molar-refractivity contribution in [3.05, 3.63) is 87.2 Å². The van der Waals surface area contributed by atoms with Gasteiger partial charge in [-0.05, 0) is 41.0 Å². The molecule has 3 nitrogen and oxygen atoms in total. The Balaban J connectivity index is 1.78. The lowest BCUT2D eigenvalue weighted by molar-refractivity contribution is 0.300. The molecule has 0 aliphatic heterocycles. The SMILES string of the molecule is Clc1ccc(C2=CC(c3ccc(Cl)cc3)Cc3nonc3C2)cc1. The van der Waals surface area contributed by atoms with Gasteiger partial charge in [-0.2, -0.15) is 0 Å². The second kappa shape index (κ2) is 6.42. The lowest BCUT2D eigenvalue weighted by Crippen LogP contribution is -2.00. The van der Waals surface area contributed by atoms with Crippen molar-refractivity contribution in [2.45, 2.75) is 18.8 Å². The molecule has 1 aromatic heterocycles. The molecule has 4 rings (SSSR count). The van der Waals surface area contributed by atoms with Crippen molar-refractivity contribution in [1.82, 2.24) is 10.3 Å². The van der Waals surface area contributed by atoms with Crippen LogP contribution >= 0.6 is 23.2 Å². The van der Waals surface area contributed by atoms with E-state index in [1.165, 1.54) is 11.1 Å². The average Bonchev–Trinajstić information content (AvgIpc) is 2.94. The lowest BCUT2D eigenvalue weighted by atomic mass is 9.92. The van der Waals surface area contributed by atoms with Crippen LogP contribution in [-0.4, -0.2) is 10.3 Å². The van der Waals surface area contributed by atoms with Gasteiger partial charge in [0.1, 0.15) is 11.4 Å². The topological polar surface area (TPSA) is 38.9 Å². The van der Waals surface area contributed by atoms with Gasteiger partial charge < -0.3 is 0 Å². The summed E-state index contributed by atoms with van der Waals surface area (Å²) in [5, 5.41) is 9.63. The predicted molar refractivity (Wildman–Crippen MR) is 95.3 cm³/mol. The zero-order valence-electron chi connectivity index (χ0n) is 12.7. The standard InChI is InChI=1S/C19H14Cl2N2O/c20-16-5-1-12(2-6-16)14-9-15(13-3-7-17(21)8-4-13)11-19-18(10-14)22-24-23-19/h1-9,14H,10-11H2. The molecule has 0 fully saturated rings. The quantitative estimate of drug-likeness (QED) is 0.621. The highest BCUT2D eigenvalue weighted by Crippen LogP contribution is 2.33. The monoisotopic (exact) mass is 356 g/mol. The Morgan fingerprint density at radius 3 is 2.17 bits per heavy atom. The highest BCUT2D eigenvalue weighted by Gasteiger charge is 2.23. The first-order valence-corrected chi connectivity index (χ1v) is 8.47.